The number of rotatable bonds is 4. The van der Waals surface area contributed by atoms with Gasteiger partial charge >= 0.3 is 5.97 Å². The molecular formula is C14H27ClN2O4S. The predicted octanol–water partition coefficient (Wildman–Crippen LogP) is 1.14. The Balaban J connectivity index is 0.00000242. The molecule has 2 N–H and O–H groups in total. The maximum atomic E-state index is 12.9. The fourth-order valence-corrected chi connectivity index (χ4v) is 5.83. The molecule has 8 heteroatoms. The van der Waals surface area contributed by atoms with Gasteiger partial charge in [-0.2, -0.15) is 0 Å². The van der Waals surface area contributed by atoms with Crippen LogP contribution in [0.1, 0.15) is 38.5 Å². The van der Waals surface area contributed by atoms with Crippen LogP contribution in [0.25, 0.3) is 0 Å². The van der Waals surface area contributed by atoms with Crippen LogP contribution in [0.2, 0.25) is 0 Å². The molecule has 2 rings (SSSR count). The van der Waals surface area contributed by atoms with Gasteiger partial charge in [0.15, 0.2) is 0 Å². The minimum Gasteiger partial charge on any atom is -0.469 e. The number of methoxy groups -OCH3 is 1. The molecule has 22 heavy (non-hydrogen) atoms. The van der Waals surface area contributed by atoms with Gasteiger partial charge in [-0.05, 0) is 38.1 Å². The molecule has 0 aromatic carbocycles. The molecule has 2 fully saturated rings. The molecule has 2 aliphatic rings. The Bertz CT molecular complexity index is 471. The van der Waals surface area contributed by atoms with E-state index in [4.69, 9.17) is 10.5 Å². The predicted molar refractivity (Wildman–Crippen MR) is 87.3 cm³/mol. The van der Waals surface area contributed by atoms with Crippen LogP contribution in [0.3, 0.4) is 0 Å². The lowest BCUT2D eigenvalue weighted by Gasteiger charge is -2.37. The lowest BCUT2D eigenvalue weighted by molar-refractivity contribution is -0.146. The van der Waals surface area contributed by atoms with E-state index in [1.54, 1.807) is 4.31 Å². The largest absolute Gasteiger partial charge is 0.469 e. The minimum absolute atomic E-state index is 0. The number of nitrogens with zero attached hydrogens (tertiary/aromatic N) is 1. The lowest BCUT2D eigenvalue weighted by Crippen LogP contribution is -2.50. The molecule has 1 heterocycles. The van der Waals surface area contributed by atoms with Gasteiger partial charge in [-0.25, -0.2) is 12.7 Å². The van der Waals surface area contributed by atoms with Crippen LogP contribution in [0, 0.1) is 11.8 Å². The van der Waals surface area contributed by atoms with Gasteiger partial charge in [-0.1, -0.05) is 12.8 Å². The summed E-state index contributed by atoms with van der Waals surface area (Å²) >= 11 is 0. The molecule has 0 bridgehead atoms. The number of hydrogen-bond donors (Lipinski definition) is 1. The fraction of sp³-hybridized carbons (Fsp3) is 0.929. The molecule has 0 radical (unpaired) electrons. The third-order valence-corrected chi connectivity index (χ3v) is 7.14. The van der Waals surface area contributed by atoms with Crippen molar-refractivity contribution in [2.45, 2.75) is 43.8 Å². The molecule has 1 saturated heterocycles. The summed E-state index contributed by atoms with van der Waals surface area (Å²) in [4.78, 5) is 11.9. The zero-order chi connectivity index (χ0) is 15.5. The highest BCUT2D eigenvalue weighted by atomic mass is 35.5. The van der Waals surface area contributed by atoms with Gasteiger partial charge in [0.2, 0.25) is 10.0 Å². The Morgan fingerprint density at radius 2 is 1.91 bits per heavy atom. The van der Waals surface area contributed by atoms with Crippen LogP contribution in [0.5, 0.6) is 0 Å². The Hall–Kier alpha value is -0.370. The molecular weight excluding hydrogens is 328 g/mol. The summed E-state index contributed by atoms with van der Waals surface area (Å²) in [6, 6.07) is 0. The van der Waals surface area contributed by atoms with Crippen LogP contribution >= 0.6 is 12.4 Å². The highest BCUT2D eigenvalue weighted by Gasteiger charge is 2.43. The highest BCUT2D eigenvalue weighted by Crippen LogP contribution is 2.33. The van der Waals surface area contributed by atoms with E-state index in [9.17, 15) is 13.2 Å². The second-order valence-corrected chi connectivity index (χ2v) is 8.25. The summed E-state index contributed by atoms with van der Waals surface area (Å²) in [5.74, 6) is -0.684. The van der Waals surface area contributed by atoms with Gasteiger partial charge in [0.25, 0.3) is 0 Å². The van der Waals surface area contributed by atoms with Gasteiger partial charge < -0.3 is 10.5 Å². The number of hydrogen-bond acceptors (Lipinski definition) is 5. The molecule has 1 aliphatic heterocycles. The summed E-state index contributed by atoms with van der Waals surface area (Å²) in [7, 11) is -2.13. The Kier molecular flexibility index (Phi) is 7.58. The van der Waals surface area contributed by atoms with E-state index < -0.39 is 27.2 Å². The van der Waals surface area contributed by atoms with Gasteiger partial charge in [0.1, 0.15) is 0 Å². The molecule has 1 saturated carbocycles. The first-order chi connectivity index (χ1) is 10.0. The van der Waals surface area contributed by atoms with Crippen molar-refractivity contribution in [3.63, 3.8) is 0 Å². The van der Waals surface area contributed by atoms with Crippen molar-refractivity contribution in [1.29, 1.82) is 0 Å². The van der Waals surface area contributed by atoms with Crippen molar-refractivity contribution in [3.05, 3.63) is 0 Å². The monoisotopic (exact) mass is 354 g/mol. The number of ether oxygens (including phenoxy) is 1. The molecule has 3 atom stereocenters. The number of halogens is 1. The van der Waals surface area contributed by atoms with Gasteiger partial charge in [-0.15, -0.1) is 12.4 Å². The zero-order valence-electron chi connectivity index (χ0n) is 13.1. The Morgan fingerprint density at radius 1 is 1.23 bits per heavy atom. The average Bonchev–Trinajstić information content (AvgIpc) is 2.54. The number of carbonyl (C=O) groups is 1. The third-order valence-electron chi connectivity index (χ3n) is 4.76. The lowest BCUT2D eigenvalue weighted by atomic mass is 9.89. The zero-order valence-corrected chi connectivity index (χ0v) is 14.7. The molecule has 0 aromatic rings. The summed E-state index contributed by atoms with van der Waals surface area (Å²) in [6.07, 6.45) is 4.71. The average molecular weight is 355 g/mol. The van der Waals surface area contributed by atoms with Crippen molar-refractivity contribution in [2.24, 2.45) is 17.6 Å². The number of carbonyl (C=O) groups excluding carboxylic acids is 1. The summed E-state index contributed by atoms with van der Waals surface area (Å²) in [5, 5.41) is -0.629. The SMILES string of the molecule is COC(=O)C1CCCCC1S(=O)(=O)N1CCCC(CN)C1.Cl. The van der Waals surface area contributed by atoms with Crippen molar-refractivity contribution in [2.75, 3.05) is 26.7 Å². The number of piperidine rings is 1. The Morgan fingerprint density at radius 3 is 2.55 bits per heavy atom. The van der Waals surface area contributed by atoms with Gasteiger partial charge in [0, 0.05) is 13.1 Å². The molecule has 130 valence electrons. The quantitative estimate of drug-likeness (QED) is 0.764. The Labute approximate surface area is 139 Å². The van der Waals surface area contributed by atoms with Crippen molar-refractivity contribution in [3.8, 4) is 0 Å². The first-order valence-corrected chi connectivity index (χ1v) is 9.28. The van der Waals surface area contributed by atoms with Crippen LogP contribution in [-0.2, 0) is 19.6 Å². The topological polar surface area (TPSA) is 89.7 Å². The smallest absolute Gasteiger partial charge is 0.310 e. The summed E-state index contributed by atoms with van der Waals surface area (Å²) < 4.78 is 32.2. The maximum Gasteiger partial charge on any atom is 0.310 e. The van der Waals surface area contributed by atoms with E-state index in [2.05, 4.69) is 0 Å². The van der Waals surface area contributed by atoms with E-state index >= 15 is 0 Å². The van der Waals surface area contributed by atoms with Crippen LogP contribution in [0.15, 0.2) is 0 Å². The molecule has 6 nitrogen and oxygen atoms in total. The van der Waals surface area contributed by atoms with E-state index in [0.717, 1.165) is 25.7 Å². The normalized spacial score (nSPS) is 30.4. The molecule has 1 aliphatic carbocycles. The fourth-order valence-electron chi connectivity index (χ4n) is 3.52. The van der Waals surface area contributed by atoms with Gasteiger partial charge in [-0.3, -0.25) is 4.79 Å². The summed E-state index contributed by atoms with van der Waals surface area (Å²) in [6.45, 7) is 1.55. The van der Waals surface area contributed by atoms with Crippen LogP contribution < -0.4 is 5.73 Å². The third kappa shape index (κ3) is 4.13. The minimum atomic E-state index is -3.46. The summed E-state index contributed by atoms with van der Waals surface area (Å²) in [5.41, 5.74) is 5.69. The number of esters is 1. The second kappa shape index (κ2) is 8.47. The van der Waals surface area contributed by atoms with Crippen LogP contribution in [-0.4, -0.2) is 50.7 Å². The maximum absolute atomic E-state index is 12.9. The first-order valence-electron chi connectivity index (χ1n) is 7.77. The molecule has 0 spiro atoms. The second-order valence-electron chi connectivity index (χ2n) is 6.10. The van der Waals surface area contributed by atoms with Crippen molar-refractivity contribution < 1.29 is 17.9 Å². The van der Waals surface area contributed by atoms with E-state index in [-0.39, 0.29) is 18.3 Å². The highest BCUT2D eigenvalue weighted by molar-refractivity contribution is 7.89. The standard InChI is InChI=1S/C14H26N2O4S.ClH/c1-20-14(17)12-6-2-3-7-13(12)21(18,19)16-8-4-5-11(9-15)10-16;/h11-13H,2-10,15H2,1H3;1H. The first kappa shape index (κ1) is 19.7. The van der Waals surface area contributed by atoms with Crippen molar-refractivity contribution in [1.82, 2.24) is 4.31 Å². The molecule has 0 aromatic heterocycles. The van der Waals surface area contributed by atoms with Crippen molar-refractivity contribution >= 4 is 28.4 Å². The van der Waals surface area contributed by atoms with Crippen LogP contribution in [0.4, 0.5) is 0 Å². The van der Waals surface area contributed by atoms with E-state index in [1.807, 2.05) is 0 Å². The van der Waals surface area contributed by atoms with E-state index in [1.165, 1.54) is 7.11 Å². The van der Waals surface area contributed by atoms with E-state index in [0.29, 0.717) is 32.5 Å². The number of nitrogens with two attached hydrogens (primary N) is 1. The molecule has 3 unspecified atom stereocenters. The number of sulfonamides is 1. The van der Waals surface area contributed by atoms with Gasteiger partial charge in [0.05, 0.1) is 18.3 Å². The molecule has 0 amide bonds.